The molecule has 0 spiro atoms. The Bertz CT molecular complexity index is 718. The molecule has 3 heteroatoms. The van der Waals surface area contributed by atoms with Gasteiger partial charge < -0.3 is 14.8 Å². The van der Waals surface area contributed by atoms with Crippen molar-refractivity contribution in [1.29, 1.82) is 0 Å². The molecule has 0 radical (unpaired) electrons. The minimum absolute atomic E-state index is 0.373. The summed E-state index contributed by atoms with van der Waals surface area (Å²) in [5.74, 6) is 2.43. The van der Waals surface area contributed by atoms with Gasteiger partial charge >= 0.3 is 0 Å². The van der Waals surface area contributed by atoms with E-state index in [-0.39, 0.29) is 0 Å². The highest BCUT2D eigenvalue weighted by Crippen LogP contribution is 2.35. The third-order valence-electron chi connectivity index (χ3n) is 5.08. The largest absolute Gasteiger partial charge is 0.489 e. The Morgan fingerprint density at radius 3 is 2.72 bits per heavy atom. The van der Waals surface area contributed by atoms with Crippen molar-refractivity contribution in [3.63, 3.8) is 0 Å². The lowest BCUT2D eigenvalue weighted by molar-refractivity contribution is 0.269. The van der Waals surface area contributed by atoms with Gasteiger partial charge in [0.25, 0.3) is 0 Å². The standard InChI is InChI=1S/C22H25NO2/c1-2-7-17(8-3-1)21(18-9-4-5-10-18)23-14-16-24-20-12-6-11-19-13-15-25-22(19)20/h1-8,11-12,18,21,23H,9-10,13-16H2. The van der Waals surface area contributed by atoms with Crippen molar-refractivity contribution in [3.05, 3.63) is 71.8 Å². The molecule has 0 saturated carbocycles. The number of benzene rings is 2. The summed E-state index contributed by atoms with van der Waals surface area (Å²) in [7, 11) is 0. The minimum Gasteiger partial charge on any atom is -0.489 e. The van der Waals surface area contributed by atoms with E-state index in [0.29, 0.717) is 18.6 Å². The summed E-state index contributed by atoms with van der Waals surface area (Å²) < 4.78 is 11.7. The predicted molar refractivity (Wildman–Crippen MR) is 100 cm³/mol. The average molecular weight is 335 g/mol. The lowest BCUT2D eigenvalue weighted by Crippen LogP contribution is -2.30. The fraction of sp³-hybridized carbons (Fsp3) is 0.364. The van der Waals surface area contributed by atoms with Gasteiger partial charge in [-0.1, -0.05) is 54.6 Å². The highest BCUT2D eigenvalue weighted by molar-refractivity contribution is 5.48. The Kier molecular flexibility index (Phi) is 5.03. The molecule has 1 aliphatic carbocycles. The monoisotopic (exact) mass is 335 g/mol. The van der Waals surface area contributed by atoms with Crippen LogP contribution in [0.4, 0.5) is 0 Å². The summed E-state index contributed by atoms with van der Waals surface area (Å²) >= 11 is 0. The van der Waals surface area contributed by atoms with Crippen LogP contribution in [0.3, 0.4) is 0 Å². The van der Waals surface area contributed by atoms with Crippen molar-refractivity contribution in [3.8, 4) is 11.5 Å². The van der Waals surface area contributed by atoms with Crippen LogP contribution >= 0.6 is 0 Å². The predicted octanol–water partition coefficient (Wildman–Crippen LogP) is 4.30. The number of rotatable bonds is 7. The zero-order chi connectivity index (χ0) is 16.9. The van der Waals surface area contributed by atoms with E-state index < -0.39 is 0 Å². The number of para-hydroxylation sites is 1. The summed E-state index contributed by atoms with van der Waals surface area (Å²) in [5, 5.41) is 3.71. The van der Waals surface area contributed by atoms with E-state index >= 15 is 0 Å². The molecule has 1 aliphatic heterocycles. The molecular weight excluding hydrogens is 310 g/mol. The van der Waals surface area contributed by atoms with Crippen LogP contribution in [0.15, 0.2) is 60.7 Å². The van der Waals surface area contributed by atoms with Crippen LogP contribution in [0, 0.1) is 5.92 Å². The Morgan fingerprint density at radius 2 is 1.88 bits per heavy atom. The van der Waals surface area contributed by atoms with Crippen LogP contribution in [0.2, 0.25) is 0 Å². The molecule has 2 aliphatic rings. The topological polar surface area (TPSA) is 30.5 Å². The molecule has 0 bridgehead atoms. The SMILES string of the molecule is C1=CCC(C(NCCOc2cccc3c2OCC3)c2ccccc2)C1. The zero-order valence-corrected chi connectivity index (χ0v) is 14.5. The molecule has 2 aromatic rings. The molecule has 1 heterocycles. The molecule has 0 amide bonds. The highest BCUT2D eigenvalue weighted by Gasteiger charge is 2.23. The van der Waals surface area contributed by atoms with Crippen LogP contribution in [-0.4, -0.2) is 19.8 Å². The summed E-state index contributed by atoms with van der Waals surface area (Å²) in [6.07, 6.45) is 7.86. The number of fused-ring (bicyclic) bond motifs is 1. The molecule has 25 heavy (non-hydrogen) atoms. The van der Waals surface area contributed by atoms with Crippen molar-refractivity contribution in [1.82, 2.24) is 5.32 Å². The molecule has 130 valence electrons. The first kappa shape index (κ1) is 16.2. The maximum absolute atomic E-state index is 5.99. The first-order valence-corrected chi connectivity index (χ1v) is 9.22. The fourth-order valence-electron chi connectivity index (χ4n) is 3.80. The van der Waals surface area contributed by atoms with E-state index in [0.717, 1.165) is 43.9 Å². The molecule has 1 unspecified atom stereocenters. The molecule has 3 nitrogen and oxygen atoms in total. The second-order valence-corrected chi connectivity index (χ2v) is 6.74. The van der Waals surface area contributed by atoms with Gasteiger partial charge in [-0.3, -0.25) is 0 Å². The van der Waals surface area contributed by atoms with Crippen molar-refractivity contribution in [2.75, 3.05) is 19.8 Å². The van der Waals surface area contributed by atoms with Gasteiger partial charge in [0.1, 0.15) is 6.61 Å². The molecule has 1 N–H and O–H groups in total. The van der Waals surface area contributed by atoms with Crippen molar-refractivity contribution in [2.24, 2.45) is 5.92 Å². The summed E-state index contributed by atoms with van der Waals surface area (Å²) in [4.78, 5) is 0. The van der Waals surface area contributed by atoms with Crippen LogP contribution < -0.4 is 14.8 Å². The van der Waals surface area contributed by atoms with E-state index in [1.54, 1.807) is 0 Å². The molecule has 2 aromatic carbocycles. The third-order valence-corrected chi connectivity index (χ3v) is 5.08. The highest BCUT2D eigenvalue weighted by atomic mass is 16.5. The smallest absolute Gasteiger partial charge is 0.164 e. The van der Waals surface area contributed by atoms with Gasteiger partial charge in [-0.2, -0.15) is 0 Å². The van der Waals surface area contributed by atoms with Crippen molar-refractivity contribution in [2.45, 2.75) is 25.3 Å². The Balaban J connectivity index is 1.35. The Morgan fingerprint density at radius 1 is 1.04 bits per heavy atom. The van der Waals surface area contributed by atoms with Gasteiger partial charge in [-0.15, -0.1) is 0 Å². The van der Waals surface area contributed by atoms with Gasteiger partial charge in [0.15, 0.2) is 11.5 Å². The minimum atomic E-state index is 0.373. The molecule has 1 atom stereocenters. The van der Waals surface area contributed by atoms with E-state index in [1.165, 1.54) is 11.1 Å². The molecule has 0 aromatic heterocycles. The Labute approximate surface area is 149 Å². The van der Waals surface area contributed by atoms with Gasteiger partial charge in [-0.25, -0.2) is 0 Å². The second kappa shape index (κ2) is 7.75. The lowest BCUT2D eigenvalue weighted by Gasteiger charge is -2.25. The van der Waals surface area contributed by atoms with Crippen LogP contribution in [0.25, 0.3) is 0 Å². The first-order chi connectivity index (χ1) is 12.4. The average Bonchev–Trinajstić information content (AvgIpc) is 3.34. The van der Waals surface area contributed by atoms with Gasteiger partial charge in [-0.05, 0) is 30.4 Å². The number of allylic oxidation sites excluding steroid dienone is 2. The van der Waals surface area contributed by atoms with Gasteiger partial charge in [0.05, 0.1) is 6.61 Å². The quantitative estimate of drug-likeness (QED) is 0.604. The van der Waals surface area contributed by atoms with E-state index in [2.05, 4.69) is 53.9 Å². The van der Waals surface area contributed by atoms with Gasteiger partial charge in [0.2, 0.25) is 0 Å². The van der Waals surface area contributed by atoms with E-state index in [4.69, 9.17) is 9.47 Å². The van der Waals surface area contributed by atoms with Crippen LogP contribution in [-0.2, 0) is 6.42 Å². The van der Waals surface area contributed by atoms with Gasteiger partial charge in [0, 0.05) is 24.6 Å². The van der Waals surface area contributed by atoms with E-state index in [9.17, 15) is 0 Å². The molecular formula is C22H25NO2. The number of ether oxygens (including phenoxy) is 2. The van der Waals surface area contributed by atoms with Crippen LogP contribution in [0.1, 0.15) is 30.0 Å². The lowest BCUT2D eigenvalue weighted by atomic mass is 9.91. The summed E-state index contributed by atoms with van der Waals surface area (Å²) in [5.41, 5.74) is 2.62. The number of nitrogens with one attached hydrogen (secondary N) is 1. The molecule has 0 fully saturated rings. The maximum Gasteiger partial charge on any atom is 0.164 e. The van der Waals surface area contributed by atoms with E-state index in [1.807, 2.05) is 12.1 Å². The number of hydrogen-bond donors (Lipinski definition) is 1. The zero-order valence-electron chi connectivity index (χ0n) is 14.5. The number of hydrogen-bond acceptors (Lipinski definition) is 3. The van der Waals surface area contributed by atoms with Crippen molar-refractivity contribution < 1.29 is 9.47 Å². The first-order valence-electron chi connectivity index (χ1n) is 9.22. The summed E-state index contributed by atoms with van der Waals surface area (Å²) in [6, 6.07) is 17.3. The molecule has 4 rings (SSSR count). The van der Waals surface area contributed by atoms with Crippen LogP contribution in [0.5, 0.6) is 11.5 Å². The fourth-order valence-corrected chi connectivity index (χ4v) is 3.80. The second-order valence-electron chi connectivity index (χ2n) is 6.74. The third kappa shape index (κ3) is 3.72. The summed E-state index contributed by atoms with van der Waals surface area (Å²) in [6.45, 7) is 2.22. The van der Waals surface area contributed by atoms with Crippen molar-refractivity contribution >= 4 is 0 Å². The normalized spacial score (nSPS) is 17.3. The molecule has 0 saturated heterocycles. The Hall–Kier alpha value is -2.26. The maximum atomic E-state index is 5.99.